The summed E-state index contributed by atoms with van der Waals surface area (Å²) in [5, 5.41) is 0. The van der Waals surface area contributed by atoms with Gasteiger partial charge in [-0.15, -0.1) is 0 Å². The van der Waals surface area contributed by atoms with E-state index in [1.807, 2.05) is 0 Å². The lowest BCUT2D eigenvalue weighted by molar-refractivity contribution is 0.404. The zero-order valence-electron chi connectivity index (χ0n) is 15.7. The molecule has 5 rings (SSSR count). The lowest BCUT2D eigenvalue weighted by Gasteiger charge is -2.17. The van der Waals surface area contributed by atoms with Crippen molar-refractivity contribution in [2.75, 3.05) is 19.0 Å². The molecule has 0 aliphatic carbocycles. The van der Waals surface area contributed by atoms with Crippen molar-refractivity contribution in [2.24, 2.45) is 4.99 Å². The van der Waals surface area contributed by atoms with Crippen molar-refractivity contribution in [3.05, 3.63) is 102 Å². The highest BCUT2D eigenvalue weighted by Gasteiger charge is 2.59. The van der Waals surface area contributed by atoms with Gasteiger partial charge in [-0.1, -0.05) is 72.8 Å². The van der Waals surface area contributed by atoms with Crippen molar-refractivity contribution >= 4 is 11.4 Å². The summed E-state index contributed by atoms with van der Waals surface area (Å²) in [5.74, 6) is 0. The molecule has 1 unspecified atom stereocenters. The topological polar surface area (TPSA) is 18.6 Å². The molecule has 0 radical (unpaired) electrons. The van der Waals surface area contributed by atoms with Gasteiger partial charge in [-0.2, -0.15) is 0 Å². The molecule has 0 amide bonds. The Hall–Kier alpha value is -2.91. The molecule has 3 aromatic carbocycles. The lowest BCUT2D eigenvalue weighted by Crippen LogP contribution is -2.10. The number of hydrogen-bond donors (Lipinski definition) is 0. The van der Waals surface area contributed by atoms with Crippen molar-refractivity contribution in [1.29, 1.82) is 0 Å². The standard InChI is InChI=1S/C24H23N3/c1-26(2)20-15-13-19(14-16-20)24-25-21(17-9-5-3-6-10-17)23-22(27(23)24)18-11-7-4-8-12-18/h3-16,22-24H,1-2H3/t22-,23+,24-,27?/m1/s1. The summed E-state index contributed by atoms with van der Waals surface area (Å²) < 4.78 is 0. The van der Waals surface area contributed by atoms with Gasteiger partial charge in [0.1, 0.15) is 6.17 Å². The molecule has 4 atom stereocenters. The summed E-state index contributed by atoms with van der Waals surface area (Å²) in [4.78, 5) is 9.80. The third-order valence-electron chi connectivity index (χ3n) is 5.59. The molecular formula is C24H23N3. The first-order valence-corrected chi connectivity index (χ1v) is 9.47. The fourth-order valence-electron chi connectivity index (χ4n) is 4.17. The molecule has 1 fully saturated rings. The van der Waals surface area contributed by atoms with Crippen LogP contribution in [0.5, 0.6) is 0 Å². The van der Waals surface area contributed by atoms with Crippen LogP contribution in [0.25, 0.3) is 0 Å². The lowest BCUT2D eigenvalue weighted by atomic mass is 10.0. The van der Waals surface area contributed by atoms with Crippen LogP contribution in [-0.2, 0) is 0 Å². The van der Waals surface area contributed by atoms with E-state index in [1.165, 1.54) is 28.1 Å². The summed E-state index contributed by atoms with van der Waals surface area (Å²) in [5.41, 5.74) is 6.30. The van der Waals surface area contributed by atoms with E-state index >= 15 is 0 Å². The molecule has 0 bridgehead atoms. The zero-order chi connectivity index (χ0) is 18.4. The number of aliphatic imine (C=N–C) groups is 1. The Bertz CT molecular complexity index is 962. The highest BCUT2D eigenvalue weighted by Crippen LogP contribution is 2.55. The van der Waals surface area contributed by atoms with Crippen LogP contribution >= 0.6 is 0 Å². The summed E-state index contributed by atoms with van der Waals surface area (Å²) in [7, 11) is 4.14. The smallest absolute Gasteiger partial charge is 0.129 e. The highest BCUT2D eigenvalue weighted by molar-refractivity contribution is 6.08. The molecular weight excluding hydrogens is 330 g/mol. The summed E-state index contributed by atoms with van der Waals surface area (Å²) >= 11 is 0. The van der Waals surface area contributed by atoms with E-state index in [2.05, 4.69) is 109 Å². The van der Waals surface area contributed by atoms with Crippen molar-refractivity contribution in [1.82, 2.24) is 4.90 Å². The number of nitrogens with zero attached hydrogens (tertiary/aromatic N) is 3. The predicted molar refractivity (Wildman–Crippen MR) is 111 cm³/mol. The van der Waals surface area contributed by atoms with Gasteiger partial charge in [0.05, 0.1) is 17.8 Å². The molecule has 134 valence electrons. The minimum absolute atomic E-state index is 0.0895. The quantitative estimate of drug-likeness (QED) is 0.634. The Morgan fingerprint density at radius 3 is 1.96 bits per heavy atom. The van der Waals surface area contributed by atoms with Gasteiger partial charge < -0.3 is 4.90 Å². The summed E-state index contributed by atoms with van der Waals surface area (Å²) in [6.45, 7) is 0. The normalized spacial score (nSPS) is 25.6. The number of hydrogen-bond acceptors (Lipinski definition) is 3. The maximum absolute atomic E-state index is 5.14. The van der Waals surface area contributed by atoms with Gasteiger partial charge in [-0.25, -0.2) is 0 Å². The highest BCUT2D eigenvalue weighted by atomic mass is 15.5. The molecule has 1 saturated heterocycles. The Labute approximate surface area is 160 Å². The molecule has 3 nitrogen and oxygen atoms in total. The SMILES string of the molecule is CN(C)c1ccc([C@@H]2N=C(c3ccccc3)[C@H]3[C@@H](c4ccccc4)N23)cc1. The molecule has 2 aliphatic rings. The van der Waals surface area contributed by atoms with Crippen LogP contribution in [0.4, 0.5) is 5.69 Å². The molecule has 2 aliphatic heterocycles. The summed E-state index contributed by atoms with van der Waals surface area (Å²) in [6.07, 6.45) is 0.0895. The van der Waals surface area contributed by atoms with Gasteiger partial charge in [-0.3, -0.25) is 9.89 Å². The average Bonchev–Trinajstić information content (AvgIpc) is 3.33. The Balaban J connectivity index is 1.53. The average molecular weight is 353 g/mol. The van der Waals surface area contributed by atoms with Gasteiger partial charge in [0, 0.05) is 19.8 Å². The van der Waals surface area contributed by atoms with E-state index < -0.39 is 0 Å². The van der Waals surface area contributed by atoms with Crippen molar-refractivity contribution in [3.63, 3.8) is 0 Å². The molecule has 3 aromatic rings. The van der Waals surface area contributed by atoms with E-state index in [0.29, 0.717) is 12.1 Å². The van der Waals surface area contributed by atoms with Gasteiger partial charge in [0.15, 0.2) is 0 Å². The monoisotopic (exact) mass is 353 g/mol. The number of fused-ring (bicyclic) bond motifs is 1. The van der Waals surface area contributed by atoms with E-state index in [-0.39, 0.29) is 6.17 Å². The van der Waals surface area contributed by atoms with Crippen LogP contribution in [0.3, 0.4) is 0 Å². The first-order chi connectivity index (χ1) is 13.2. The number of rotatable bonds is 4. The van der Waals surface area contributed by atoms with Crippen LogP contribution in [0.1, 0.15) is 28.9 Å². The largest absolute Gasteiger partial charge is 0.378 e. The van der Waals surface area contributed by atoms with E-state index in [4.69, 9.17) is 4.99 Å². The second-order valence-corrected chi connectivity index (χ2v) is 7.49. The molecule has 0 aromatic heterocycles. The van der Waals surface area contributed by atoms with Crippen molar-refractivity contribution in [2.45, 2.75) is 18.2 Å². The zero-order valence-corrected chi connectivity index (χ0v) is 15.7. The van der Waals surface area contributed by atoms with Crippen molar-refractivity contribution in [3.8, 4) is 0 Å². The molecule has 27 heavy (non-hydrogen) atoms. The first kappa shape index (κ1) is 16.3. The predicted octanol–water partition coefficient (Wildman–Crippen LogP) is 4.68. The maximum Gasteiger partial charge on any atom is 0.129 e. The van der Waals surface area contributed by atoms with Crippen molar-refractivity contribution < 1.29 is 0 Å². The maximum atomic E-state index is 5.14. The number of benzene rings is 3. The Morgan fingerprint density at radius 2 is 1.33 bits per heavy atom. The second-order valence-electron chi connectivity index (χ2n) is 7.49. The van der Waals surface area contributed by atoms with E-state index in [9.17, 15) is 0 Å². The molecule has 0 N–H and O–H groups in total. The molecule has 2 heterocycles. The molecule has 3 heteroatoms. The minimum Gasteiger partial charge on any atom is -0.378 e. The fraction of sp³-hybridized carbons (Fsp3) is 0.208. The third kappa shape index (κ3) is 2.75. The van der Waals surface area contributed by atoms with Gasteiger partial charge >= 0.3 is 0 Å². The fourth-order valence-corrected chi connectivity index (χ4v) is 4.17. The van der Waals surface area contributed by atoms with Crippen LogP contribution in [0.15, 0.2) is 89.9 Å². The number of anilines is 1. The Kier molecular flexibility index (Phi) is 3.83. The molecule has 0 spiro atoms. The van der Waals surface area contributed by atoms with Gasteiger partial charge in [0.25, 0.3) is 0 Å². The van der Waals surface area contributed by atoms with E-state index in [0.717, 1.165) is 0 Å². The van der Waals surface area contributed by atoms with Crippen LogP contribution in [0, 0.1) is 0 Å². The molecule has 0 saturated carbocycles. The van der Waals surface area contributed by atoms with Crippen LogP contribution < -0.4 is 4.90 Å². The second kappa shape index (κ2) is 6.36. The Morgan fingerprint density at radius 1 is 0.704 bits per heavy atom. The van der Waals surface area contributed by atoms with E-state index in [1.54, 1.807) is 0 Å². The third-order valence-corrected chi connectivity index (χ3v) is 5.59. The minimum atomic E-state index is 0.0895. The van der Waals surface area contributed by atoms with Crippen LogP contribution in [0.2, 0.25) is 0 Å². The first-order valence-electron chi connectivity index (χ1n) is 9.47. The van der Waals surface area contributed by atoms with Gasteiger partial charge in [0.2, 0.25) is 0 Å². The summed E-state index contributed by atoms with van der Waals surface area (Å²) in [6, 6.07) is 31.0. The van der Waals surface area contributed by atoms with Crippen LogP contribution in [-0.4, -0.2) is 30.7 Å². The van der Waals surface area contributed by atoms with Gasteiger partial charge in [-0.05, 0) is 28.8 Å².